The van der Waals surface area contributed by atoms with Crippen molar-refractivity contribution >= 4 is 17.6 Å². The Balaban J connectivity index is 1.51. The number of hydrogen-bond donors (Lipinski definition) is 1. The van der Waals surface area contributed by atoms with Crippen LogP contribution in [0.2, 0.25) is 0 Å². The van der Waals surface area contributed by atoms with Gasteiger partial charge < -0.3 is 10.1 Å². The first-order valence-corrected chi connectivity index (χ1v) is 9.38. The molecule has 5 heteroatoms. The van der Waals surface area contributed by atoms with Crippen molar-refractivity contribution in [3.05, 3.63) is 29.8 Å². The topological polar surface area (TPSA) is 58.6 Å². The molecule has 0 saturated heterocycles. The Labute approximate surface area is 149 Å². The van der Waals surface area contributed by atoms with Crippen LogP contribution in [-0.4, -0.2) is 43.0 Å². The minimum absolute atomic E-state index is 0.0218. The lowest BCUT2D eigenvalue weighted by Crippen LogP contribution is -2.38. The largest absolute Gasteiger partial charge is 0.465 e. The van der Waals surface area contributed by atoms with E-state index in [1.807, 2.05) is 0 Å². The van der Waals surface area contributed by atoms with Gasteiger partial charge in [-0.05, 0) is 55.9 Å². The Bertz CT molecular complexity index is 589. The van der Waals surface area contributed by atoms with Crippen LogP contribution in [0, 0.1) is 5.92 Å². The van der Waals surface area contributed by atoms with E-state index >= 15 is 0 Å². The van der Waals surface area contributed by atoms with Crippen molar-refractivity contribution in [2.75, 3.05) is 25.5 Å². The van der Waals surface area contributed by atoms with Gasteiger partial charge in [0.15, 0.2) is 0 Å². The minimum Gasteiger partial charge on any atom is -0.465 e. The number of amides is 1. The third kappa shape index (κ3) is 5.30. The van der Waals surface area contributed by atoms with Crippen molar-refractivity contribution < 1.29 is 14.3 Å². The highest BCUT2D eigenvalue weighted by atomic mass is 16.5. The summed E-state index contributed by atoms with van der Waals surface area (Å²) in [5.74, 6) is 0.403. The maximum absolute atomic E-state index is 12.4. The molecule has 136 valence electrons. The Morgan fingerprint density at radius 3 is 2.36 bits per heavy atom. The summed E-state index contributed by atoms with van der Waals surface area (Å²) in [5, 5.41) is 2.94. The quantitative estimate of drug-likeness (QED) is 0.770. The van der Waals surface area contributed by atoms with Gasteiger partial charge in [0, 0.05) is 18.3 Å². The number of benzene rings is 1. The molecule has 2 aliphatic rings. The predicted molar refractivity (Wildman–Crippen MR) is 97.6 cm³/mol. The van der Waals surface area contributed by atoms with Crippen molar-refractivity contribution in [3.8, 4) is 0 Å². The van der Waals surface area contributed by atoms with E-state index in [1.54, 1.807) is 24.3 Å². The van der Waals surface area contributed by atoms with Crippen LogP contribution in [0.15, 0.2) is 24.3 Å². The van der Waals surface area contributed by atoms with E-state index in [0.717, 1.165) is 12.5 Å². The molecule has 3 rings (SSSR count). The van der Waals surface area contributed by atoms with E-state index in [4.69, 9.17) is 0 Å². The predicted octanol–water partition coefficient (Wildman–Crippen LogP) is 3.46. The number of hydrogen-bond acceptors (Lipinski definition) is 4. The second-order valence-electron chi connectivity index (χ2n) is 7.28. The molecule has 0 unspecified atom stereocenters. The molecule has 0 atom stereocenters. The highest BCUT2D eigenvalue weighted by molar-refractivity contribution is 5.94. The number of ether oxygens (including phenoxy) is 1. The number of carbonyl (C=O) groups excluding carboxylic acids is 2. The highest BCUT2D eigenvalue weighted by Gasteiger charge is 2.32. The van der Waals surface area contributed by atoms with Crippen LogP contribution < -0.4 is 5.32 Å². The molecule has 5 nitrogen and oxygen atoms in total. The van der Waals surface area contributed by atoms with Gasteiger partial charge in [0.25, 0.3) is 0 Å². The molecule has 2 aliphatic carbocycles. The lowest BCUT2D eigenvalue weighted by Gasteiger charge is -2.29. The number of methoxy groups -OCH3 is 1. The fourth-order valence-corrected chi connectivity index (χ4v) is 3.68. The summed E-state index contributed by atoms with van der Waals surface area (Å²) < 4.78 is 4.68. The average Bonchev–Trinajstić information content (AvgIpc) is 3.47. The van der Waals surface area contributed by atoms with Gasteiger partial charge in [-0.25, -0.2) is 4.79 Å². The van der Waals surface area contributed by atoms with Gasteiger partial charge in [0.1, 0.15) is 0 Å². The average molecular weight is 344 g/mol. The molecule has 0 heterocycles. The summed E-state index contributed by atoms with van der Waals surface area (Å²) >= 11 is 0. The van der Waals surface area contributed by atoms with E-state index in [-0.39, 0.29) is 11.9 Å². The Morgan fingerprint density at radius 2 is 1.76 bits per heavy atom. The second kappa shape index (κ2) is 8.48. The number of nitrogens with zero attached hydrogens (tertiary/aromatic N) is 1. The molecule has 1 amide bonds. The lowest BCUT2D eigenvalue weighted by atomic mass is 9.89. The number of anilines is 1. The molecular formula is C20H28N2O3. The molecule has 0 bridgehead atoms. The molecule has 1 N–H and O–H groups in total. The number of nitrogens with one attached hydrogen (secondary N) is 1. The standard InChI is InChI=1S/C20H28N2O3/c1-25-20(24)16-7-9-17(10-8-16)21-19(23)14-22(18-11-12-18)13-15-5-3-2-4-6-15/h7-10,15,18H,2-6,11-14H2,1H3,(H,21,23). The van der Waals surface area contributed by atoms with Crippen molar-refractivity contribution in [1.82, 2.24) is 4.90 Å². The monoisotopic (exact) mass is 344 g/mol. The molecule has 2 saturated carbocycles. The van der Waals surface area contributed by atoms with Gasteiger partial charge in [-0.1, -0.05) is 19.3 Å². The second-order valence-corrected chi connectivity index (χ2v) is 7.28. The van der Waals surface area contributed by atoms with Crippen LogP contribution in [-0.2, 0) is 9.53 Å². The molecule has 0 spiro atoms. The smallest absolute Gasteiger partial charge is 0.337 e. The Morgan fingerprint density at radius 1 is 1.08 bits per heavy atom. The molecule has 0 radical (unpaired) electrons. The van der Waals surface area contributed by atoms with Crippen molar-refractivity contribution in [2.45, 2.75) is 51.0 Å². The Kier molecular flexibility index (Phi) is 6.08. The van der Waals surface area contributed by atoms with E-state index in [9.17, 15) is 9.59 Å². The van der Waals surface area contributed by atoms with E-state index in [2.05, 4.69) is 15.0 Å². The maximum atomic E-state index is 12.4. The summed E-state index contributed by atoms with van der Waals surface area (Å²) in [5.41, 5.74) is 1.20. The summed E-state index contributed by atoms with van der Waals surface area (Å²) in [6, 6.07) is 7.42. The molecule has 25 heavy (non-hydrogen) atoms. The van der Waals surface area contributed by atoms with Crippen molar-refractivity contribution in [2.24, 2.45) is 5.92 Å². The summed E-state index contributed by atoms with van der Waals surface area (Å²) in [4.78, 5) is 26.2. The highest BCUT2D eigenvalue weighted by Crippen LogP contribution is 2.31. The van der Waals surface area contributed by atoms with Gasteiger partial charge in [-0.15, -0.1) is 0 Å². The zero-order chi connectivity index (χ0) is 17.6. The molecule has 2 fully saturated rings. The van der Waals surface area contributed by atoms with Crippen LogP contribution in [0.4, 0.5) is 5.69 Å². The first-order chi connectivity index (χ1) is 12.2. The van der Waals surface area contributed by atoms with E-state index < -0.39 is 0 Å². The first kappa shape index (κ1) is 17.9. The van der Waals surface area contributed by atoms with Gasteiger partial charge in [-0.3, -0.25) is 9.69 Å². The normalized spacial score (nSPS) is 18.2. The van der Waals surface area contributed by atoms with Crippen LogP contribution >= 0.6 is 0 Å². The van der Waals surface area contributed by atoms with Crippen molar-refractivity contribution in [1.29, 1.82) is 0 Å². The lowest BCUT2D eigenvalue weighted by molar-refractivity contribution is -0.117. The number of rotatable bonds is 7. The summed E-state index contributed by atoms with van der Waals surface area (Å²) in [6.07, 6.45) is 9.08. The fraction of sp³-hybridized carbons (Fsp3) is 0.600. The number of esters is 1. The van der Waals surface area contributed by atoms with Gasteiger partial charge in [0.2, 0.25) is 5.91 Å². The molecular weight excluding hydrogens is 316 g/mol. The third-order valence-electron chi connectivity index (χ3n) is 5.22. The molecule has 1 aromatic carbocycles. The molecule has 1 aromatic rings. The SMILES string of the molecule is COC(=O)c1ccc(NC(=O)CN(CC2CCCCC2)C2CC2)cc1. The van der Waals surface area contributed by atoms with Gasteiger partial charge in [-0.2, -0.15) is 0 Å². The van der Waals surface area contributed by atoms with Crippen LogP contribution in [0.3, 0.4) is 0 Å². The van der Waals surface area contributed by atoms with Crippen LogP contribution in [0.1, 0.15) is 55.3 Å². The van der Waals surface area contributed by atoms with Gasteiger partial charge >= 0.3 is 5.97 Å². The minimum atomic E-state index is -0.370. The third-order valence-corrected chi connectivity index (χ3v) is 5.22. The van der Waals surface area contributed by atoms with Crippen molar-refractivity contribution in [3.63, 3.8) is 0 Å². The van der Waals surface area contributed by atoms with Crippen LogP contribution in [0.25, 0.3) is 0 Å². The zero-order valence-corrected chi connectivity index (χ0v) is 15.0. The van der Waals surface area contributed by atoms with Gasteiger partial charge in [0.05, 0.1) is 19.2 Å². The summed E-state index contributed by atoms with van der Waals surface area (Å²) in [7, 11) is 1.36. The fourth-order valence-electron chi connectivity index (χ4n) is 3.68. The maximum Gasteiger partial charge on any atom is 0.337 e. The summed E-state index contributed by atoms with van der Waals surface area (Å²) in [6.45, 7) is 1.51. The van der Waals surface area contributed by atoms with E-state index in [1.165, 1.54) is 52.1 Å². The van der Waals surface area contributed by atoms with Crippen LogP contribution in [0.5, 0.6) is 0 Å². The first-order valence-electron chi connectivity index (χ1n) is 9.38. The zero-order valence-electron chi connectivity index (χ0n) is 15.0. The Hall–Kier alpha value is -1.88. The molecule has 0 aromatic heterocycles. The van der Waals surface area contributed by atoms with E-state index in [0.29, 0.717) is 23.8 Å². The molecule has 0 aliphatic heterocycles. The number of carbonyl (C=O) groups is 2.